The number of benzene rings is 1. The SMILES string of the molecule is Cc1cc(CC(=O)C(=O)O)cc([N+](=O)[O-])c1N. The van der Waals surface area contributed by atoms with E-state index in [1.807, 2.05) is 0 Å². The number of carboxylic acid groups (broad SMARTS) is 1. The largest absolute Gasteiger partial charge is 0.475 e. The van der Waals surface area contributed by atoms with Crippen LogP contribution in [0.1, 0.15) is 11.1 Å². The van der Waals surface area contributed by atoms with Crippen molar-refractivity contribution in [3.05, 3.63) is 33.4 Å². The fourth-order valence-corrected chi connectivity index (χ4v) is 1.37. The van der Waals surface area contributed by atoms with Gasteiger partial charge in [0.15, 0.2) is 0 Å². The van der Waals surface area contributed by atoms with E-state index in [2.05, 4.69) is 0 Å². The van der Waals surface area contributed by atoms with Crippen LogP contribution in [0.3, 0.4) is 0 Å². The maximum Gasteiger partial charge on any atom is 0.372 e. The summed E-state index contributed by atoms with van der Waals surface area (Å²) in [6.07, 6.45) is -0.392. The van der Waals surface area contributed by atoms with Crippen LogP contribution in [0.2, 0.25) is 0 Å². The zero-order chi connectivity index (χ0) is 13.2. The molecule has 0 radical (unpaired) electrons. The second-order valence-corrected chi connectivity index (χ2v) is 3.51. The number of aliphatic carboxylic acids is 1. The molecule has 7 nitrogen and oxygen atoms in total. The van der Waals surface area contributed by atoms with Gasteiger partial charge in [-0.2, -0.15) is 0 Å². The molecule has 0 fully saturated rings. The first kappa shape index (κ1) is 12.6. The Morgan fingerprint density at radius 3 is 2.53 bits per heavy atom. The Bertz CT molecular complexity index is 510. The summed E-state index contributed by atoms with van der Waals surface area (Å²) in [6, 6.07) is 2.58. The minimum absolute atomic E-state index is 0.0153. The minimum Gasteiger partial charge on any atom is -0.475 e. The van der Waals surface area contributed by atoms with Gasteiger partial charge in [0, 0.05) is 12.5 Å². The number of rotatable bonds is 4. The number of nitrogen functional groups attached to an aromatic ring is 1. The summed E-state index contributed by atoms with van der Waals surface area (Å²) in [5.41, 5.74) is 5.89. The van der Waals surface area contributed by atoms with Gasteiger partial charge in [0.25, 0.3) is 5.69 Å². The van der Waals surface area contributed by atoms with Crippen LogP contribution in [-0.4, -0.2) is 21.8 Å². The van der Waals surface area contributed by atoms with Crippen LogP contribution in [0.5, 0.6) is 0 Å². The van der Waals surface area contributed by atoms with Gasteiger partial charge in [-0.25, -0.2) is 4.79 Å². The minimum atomic E-state index is -1.57. The molecule has 1 aromatic rings. The average molecular weight is 238 g/mol. The van der Waals surface area contributed by atoms with E-state index in [4.69, 9.17) is 10.8 Å². The first-order chi connectivity index (χ1) is 7.82. The van der Waals surface area contributed by atoms with Gasteiger partial charge >= 0.3 is 5.97 Å². The zero-order valence-corrected chi connectivity index (χ0v) is 8.97. The van der Waals surface area contributed by atoms with Gasteiger partial charge in [-0.05, 0) is 18.1 Å². The summed E-state index contributed by atoms with van der Waals surface area (Å²) in [7, 11) is 0. The predicted molar refractivity (Wildman–Crippen MR) is 58.6 cm³/mol. The van der Waals surface area contributed by atoms with E-state index in [0.717, 1.165) is 6.07 Å². The molecule has 7 heteroatoms. The Balaban J connectivity index is 3.15. The molecule has 0 aliphatic heterocycles. The van der Waals surface area contributed by atoms with Crippen molar-refractivity contribution in [3.63, 3.8) is 0 Å². The van der Waals surface area contributed by atoms with Crippen molar-refractivity contribution in [2.45, 2.75) is 13.3 Å². The van der Waals surface area contributed by atoms with Gasteiger partial charge in [0.2, 0.25) is 5.78 Å². The molecule has 17 heavy (non-hydrogen) atoms. The maximum atomic E-state index is 11.0. The van der Waals surface area contributed by atoms with Crippen molar-refractivity contribution in [1.29, 1.82) is 0 Å². The second kappa shape index (κ2) is 4.60. The standard InChI is InChI=1S/C10H10N2O5/c1-5-2-6(4-8(13)10(14)15)3-7(9(5)11)12(16)17/h2-3H,4,11H2,1H3,(H,14,15). The smallest absolute Gasteiger partial charge is 0.372 e. The van der Waals surface area contributed by atoms with Crippen LogP contribution in [0.15, 0.2) is 12.1 Å². The molecule has 1 aromatic carbocycles. The second-order valence-electron chi connectivity index (χ2n) is 3.51. The molecule has 0 aliphatic rings. The Morgan fingerprint density at radius 2 is 2.06 bits per heavy atom. The number of carboxylic acids is 1. The van der Waals surface area contributed by atoms with E-state index in [0.29, 0.717) is 5.56 Å². The molecule has 90 valence electrons. The number of carbonyl (C=O) groups excluding carboxylic acids is 1. The van der Waals surface area contributed by atoms with Crippen LogP contribution in [-0.2, 0) is 16.0 Å². The highest BCUT2D eigenvalue weighted by atomic mass is 16.6. The summed E-state index contributed by atoms with van der Waals surface area (Å²) in [5.74, 6) is -2.59. The highest BCUT2D eigenvalue weighted by Crippen LogP contribution is 2.26. The Labute approximate surface area is 96.0 Å². The molecule has 0 amide bonds. The molecule has 0 saturated carbocycles. The quantitative estimate of drug-likeness (QED) is 0.344. The number of Topliss-reactive ketones (excluding diaryl/α,β-unsaturated/α-hetero) is 1. The summed E-state index contributed by atoms with van der Waals surface area (Å²) < 4.78 is 0. The van der Waals surface area contributed by atoms with Gasteiger partial charge in [-0.15, -0.1) is 0 Å². The number of hydrogen-bond donors (Lipinski definition) is 2. The number of nitro benzene ring substituents is 1. The topological polar surface area (TPSA) is 124 Å². The summed E-state index contributed by atoms with van der Waals surface area (Å²) in [4.78, 5) is 31.4. The molecule has 0 saturated heterocycles. The van der Waals surface area contributed by atoms with Crippen molar-refractivity contribution in [2.24, 2.45) is 0 Å². The lowest BCUT2D eigenvalue weighted by Crippen LogP contribution is -2.15. The van der Waals surface area contributed by atoms with Crippen molar-refractivity contribution in [1.82, 2.24) is 0 Å². The molecular formula is C10H10N2O5. The normalized spacial score (nSPS) is 9.94. The highest BCUT2D eigenvalue weighted by Gasteiger charge is 2.18. The molecule has 0 atom stereocenters. The van der Waals surface area contributed by atoms with Crippen LogP contribution >= 0.6 is 0 Å². The summed E-state index contributed by atoms with van der Waals surface area (Å²) in [5, 5.41) is 19.1. The number of nitro groups is 1. The van der Waals surface area contributed by atoms with Gasteiger partial charge in [-0.1, -0.05) is 6.07 Å². The van der Waals surface area contributed by atoms with Crippen molar-refractivity contribution >= 4 is 23.1 Å². The molecule has 0 bridgehead atoms. The predicted octanol–water partition coefficient (Wildman–Crippen LogP) is 0.682. The molecule has 0 unspecified atom stereocenters. The summed E-state index contributed by atoms with van der Waals surface area (Å²) in [6.45, 7) is 1.55. The first-order valence-corrected chi connectivity index (χ1v) is 4.62. The van der Waals surface area contributed by atoms with E-state index in [-0.39, 0.29) is 16.9 Å². The molecule has 0 aliphatic carbocycles. The van der Waals surface area contributed by atoms with Crippen LogP contribution in [0.25, 0.3) is 0 Å². The number of aryl methyl sites for hydroxylation is 1. The lowest BCUT2D eigenvalue weighted by atomic mass is 10.0. The fourth-order valence-electron chi connectivity index (χ4n) is 1.37. The number of nitrogens with two attached hydrogens (primary N) is 1. The number of nitrogens with zero attached hydrogens (tertiary/aromatic N) is 1. The lowest BCUT2D eigenvalue weighted by molar-refractivity contribution is -0.384. The van der Waals surface area contributed by atoms with Gasteiger partial charge in [-0.3, -0.25) is 14.9 Å². The number of carbonyl (C=O) groups is 2. The monoisotopic (exact) mass is 238 g/mol. The molecule has 0 aromatic heterocycles. The van der Waals surface area contributed by atoms with Crippen LogP contribution in [0, 0.1) is 17.0 Å². The molecule has 3 N–H and O–H groups in total. The Kier molecular flexibility index (Phi) is 3.42. The summed E-state index contributed by atoms with van der Waals surface area (Å²) >= 11 is 0. The van der Waals surface area contributed by atoms with Crippen molar-refractivity contribution in [3.8, 4) is 0 Å². The lowest BCUT2D eigenvalue weighted by Gasteiger charge is -2.04. The van der Waals surface area contributed by atoms with E-state index in [1.165, 1.54) is 6.07 Å². The van der Waals surface area contributed by atoms with Crippen molar-refractivity contribution < 1.29 is 19.6 Å². The van der Waals surface area contributed by atoms with E-state index < -0.39 is 23.1 Å². The maximum absolute atomic E-state index is 11.0. The number of anilines is 1. The average Bonchev–Trinajstić information content (AvgIpc) is 2.22. The van der Waals surface area contributed by atoms with E-state index in [9.17, 15) is 19.7 Å². The molecular weight excluding hydrogens is 228 g/mol. The third kappa shape index (κ3) is 2.77. The molecule has 0 spiro atoms. The highest BCUT2D eigenvalue weighted by molar-refractivity contribution is 6.33. The van der Waals surface area contributed by atoms with E-state index >= 15 is 0 Å². The number of ketones is 1. The third-order valence-electron chi connectivity index (χ3n) is 2.22. The van der Waals surface area contributed by atoms with E-state index in [1.54, 1.807) is 6.92 Å². The van der Waals surface area contributed by atoms with Gasteiger partial charge < -0.3 is 10.8 Å². The van der Waals surface area contributed by atoms with Gasteiger partial charge in [0.05, 0.1) is 4.92 Å². The van der Waals surface area contributed by atoms with Crippen LogP contribution in [0.4, 0.5) is 11.4 Å². The molecule has 0 heterocycles. The Morgan fingerprint density at radius 1 is 1.47 bits per heavy atom. The zero-order valence-electron chi connectivity index (χ0n) is 8.97. The molecule has 1 rings (SSSR count). The first-order valence-electron chi connectivity index (χ1n) is 4.62. The third-order valence-corrected chi connectivity index (χ3v) is 2.22. The van der Waals surface area contributed by atoms with Crippen LogP contribution < -0.4 is 5.73 Å². The fraction of sp³-hybridized carbons (Fsp3) is 0.200. The number of hydrogen-bond acceptors (Lipinski definition) is 5. The van der Waals surface area contributed by atoms with Crippen molar-refractivity contribution in [2.75, 3.05) is 5.73 Å². The Hall–Kier alpha value is -2.44. The van der Waals surface area contributed by atoms with Gasteiger partial charge in [0.1, 0.15) is 5.69 Å².